The summed E-state index contributed by atoms with van der Waals surface area (Å²) in [5.41, 5.74) is 0.0620. The lowest BCUT2D eigenvalue weighted by Gasteiger charge is -2.56. The first-order valence-corrected chi connectivity index (χ1v) is 9.82. The van der Waals surface area contributed by atoms with E-state index < -0.39 is 4.92 Å². The van der Waals surface area contributed by atoms with E-state index in [2.05, 4.69) is 5.32 Å². The Morgan fingerprint density at radius 1 is 1.12 bits per heavy atom. The van der Waals surface area contributed by atoms with Gasteiger partial charge in [0.2, 0.25) is 0 Å². The number of nitrogens with zero attached hydrogens (tertiary/aromatic N) is 1. The van der Waals surface area contributed by atoms with Crippen molar-refractivity contribution in [3.8, 4) is 0 Å². The molecule has 6 rings (SSSR count). The van der Waals surface area contributed by atoms with Gasteiger partial charge in [0.1, 0.15) is 0 Å². The van der Waals surface area contributed by atoms with Crippen LogP contribution in [0.4, 0.5) is 5.69 Å². The molecule has 0 aliphatic heterocycles. The molecule has 4 aliphatic rings. The quantitative estimate of drug-likeness (QED) is 0.650. The van der Waals surface area contributed by atoms with Gasteiger partial charge in [-0.15, -0.1) is 11.3 Å². The summed E-state index contributed by atoms with van der Waals surface area (Å²) in [7, 11) is 0. The second-order valence-corrected chi connectivity index (χ2v) is 9.33. The van der Waals surface area contributed by atoms with E-state index in [-0.39, 0.29) is 17.1 Å². The highest BCUT2D eigenvalue weighted by atomic mass is 32.1. The second kappa shape index (κ2) is 5.27. The van der Waals surface area contributed by atoms with Crippen LogP contribution in [0.3, 0.4) is 0 Å². The Morgan fingerprint density at radius 3 is 2.36 bits per heavy atom. The lowest BCUT2D eigenvalue weighted by molar-refractivity contribution is -0.384. The SMILES string of the molecule is O=C(NC12CC3CC(CC(C3)C1)C2)c1cc2cc([N+](=O)[O-])ccc2s1. The molecule has 0 radical (unpaired) electrons. The number of benzene rings is 1. The van der Waals surface area contributed by atoms with Crippen molar-refractivity contribution in [1.29, 1.82) is 0 Å². The van der Waals surface area contributed by atoms with Gasteiger partial charge in [-0.05, 0) is 68.4 Å². The molecule has 130 valence electrons. The summed E-state index contributed by atoms with van der Waals surface area (Å²) in [5.74, 6) is 2.36. The fraction of sp³-hybridized carbons (Fsp3) is 0.526. The zero-order chi connectivity index (χ0) is 17.2. The Balaban J connectivity index is 1.41. The van der Waals surface area contributed by atoms with Gasteiger partial charge in [0.15, 0.2) is 0 Å². The molecule has 1 aromatic heterocycles. The van der Waals surface area contributed by atoms with Gasteiger partial charge >= 0.3 is 0 Å². The Kier molecular flexibility index (Phi) is 3.23. The van der Waals surface area contributed by atoms with Crippen LogP contribution in [-0.4, -0.2) is 16.4 Å². The zero-order valence-corrected chi connectivity index (χ0v) is 14.7. The molecule has 0 spiro atoms. The average Bonchev–Trinajstić information content (AvgIpc) is 2.96. The van der Waals surface area contributed by atoms with Crippen molar-refractivity contribution in [3.05, 3.63) is 39.3 Å². The number of carbonyl (C=O) groups is 1. The Bertz CT molecular complexity index is 853. The number of nitro benzene ring substituents is 1. The summed E-state index contributed by atoms with van der Waals surface area (Å²) >= 11 is 1.42. The van der Waals surface area contributed by atoms with Gasteiger partial charge < -0.3 is 5.32 Å². The first-order valence-electron chi connectivity index (χ1n) is 9.00. The molecule has 0 atom stereocenters. The van der Waals surface area contributed by atoms with Crippen LogP contribution in [0.5, 0.6) is 0 Å². The first kappa shape index (κ1) is 15.3. The lowest BCUT2D eigenvalue weighted by atomic mass is 9.53. The maximum atomic E-state index is 12.9. The third kappa shape index (κ3) is 2.54. The van der Waals surface area contributed by atoms with Crippen molar-refractivity contribution >= 4 is 33.0 Å². The van der Waals surface area contributed by atoms with Crippen LogP contribution in [0.15, 0.2) is 24.3 Å². The standard InChI is InChI=1S/C19H20N2O3S/c22-18(17-7-14-6-15(21(23)24)1-2-16(14)25-17)20-19-8-11-3-12(9-19)5-13(4-11)10-19/h1-2,6-7,11-13H,3-5,8-10H2,(H,20,22). The number of hydrogen-bond donors (Lipinski definition) is 1. The number of nitro groups is 1. The van der Waals surface area contributed by atoms with Crippen LogP contribution >= 0.6 is 11.3 Å². The smallest absolute Gasteiger partial charge is 0.270 e. The van der Waals surface area contributed by atoms with Gasteiger partial charge in [-0.1, -0.05) is 0 Å². The highest BCUT2D eigenvalue weighted by Gasteiger charge is 2.51. The predicted octanol–water partition coefficient (Wildman–Crippen LogP) is 4.51. The zero-order valence-electron chi connectivity index (χ0n) is 13.9. The normalized spacial score (nSPS) is 32.9. The highest BCUT2D eigenvalue weighted by Crippen LogP contribution is 2.55. The summed E-state index contributed by atoms with van der Waals surface area (Å²) in [4.78, 5) is 24.1. The molecule has 1 heterocycles. The number of fused-ring (bicyclic) bond motifs is 1. The maximum absolute atomic E-state index is 12.9. The monoisotopic (exact) mass is 356 g/mol. The van der Waals surface area contributed by atoms with Crippen LogP contribution < -0.4 is 5.32 Å². The molecular weight excluding hydrogens is 336 g/mol. The number of hydrogen-bond acceptors (Lipinski definition) is 4. The van der Waals surface area contributed by atoms with Crippen molar-refractivity contribution in [1.82, 2.24) is 5.32 Å². The van der Waals surface area contributed by atoms with Gasteiger partial charge in [-0.25, -0.2) is 0 Å². The number of amides is 1. The molecule has 0 unspecified atom stereocenters. The third-order valence-corrected chi connectivity index (χ3v) is 7.47. The summed E-state index contributed by atoms with van der Waals surface area (Å²) in [6, 6.07) is 6.58. The number of rotatable bonds is 3. The summed E-state index contributed by atoms with van der Waals surface area (Å²) in [6.45, 7) is 0. The van der Waals surface area contributed by atoms with E-state index in [0.29, 0.717) is 4.88 Å². The Labute approximate surface area is 149 Å². The minimum Gasteiger partial charge on any atom is -0.346 e. The number of thiophene rings is 1. The minimum atomic E-state index is -0.397. The number of nitrogens with one attached hydrogen (secondary N) is 1. The van der Waals surface area contributed by atoms with Gasteiger partial charge in [-0.2, -0.15) is 0 Å². The lowest BCUT2D eigenvalue weighted by Crippen LogP contribution is -2.59. The molecule has 4 fully saturated rings. The molecule has 25 heavy (non-hydrogen) atoms. The molecule has 4 saturated carbocycles. The van der Waals surface area contributed by atoms with Gasteiger partial charge in [0.05, 0.1) is 9.80 Å². The van der Waals surface area contributed by atoms with Crippen molar-refractivity contribution in [2.24, 2.45) is 17.8 Å². The van der Waals surface area contributed by atoms with Crippen molar-refractivity contribution in [2.75, 3.05) is 0 Å². The largest absolute Gasteiger partial charge is 0.346 e. The first-order chi connectivity index (χ1) is 12.0. The van der Waals surface area contributed by atoms with E-state index in [0.717, 1.165) is 47.1 Å². The van der Waals surface area contributed by atoms with Gasteiger partial charge in [0.25, 0.3) is 11.6 Å². The van der Waals surface area contributed by atoms with E-state index in [1.54, 1.807) is 18.2 Å². The van der Waals surface area contributed by atoms with Crippen molar-refractivity contribution < 1.29 is 9.72 Å². The predicted molar refractivity (Wildman–Crippen MR) is 96.8 cm³/mol. The average molecular weight is 356 g/mol. The van der Waals surface area contributed by atoms with Crippen LogP contribution in [0, 0.1) is 27.9 Å². The molecule has 6 heteroatoms. The third-order valence-electron chi connectivity index (χ3n) is 6.35. The summed E-state index contributed by atoms with van der Waals surface area (Å²) < 4.78 is 0.918. The van der Waals surface area contributed by atoms with E-state index in [9.17, 15) is 14.9 Å². The second-order valence-electron chi connectivity index (χ2n) is 8.24. The van der Waals surface area contributed by atoms with Crippen LogP contribution in [-0.2, 0) is 0 Å². The summed E-state index contributed by atoms with van der Waals surface area (Å²) in [5, 5.41) is 15.1. The van der Waals surface area contributed by atoms with E-state index >= 15 is 0 Å². The fourth-order valence-electron chi connectivity index (χ4n) is 5.82. The van der Waals surface area contributed by atoms with Crippen LogP contribution in [0.25, 0.3) is 10.1 Å². The molecule has 1 N–H and O–H groups in total. The topological polar surface area (TPSA) is 72.2 Å². The van der Waals surface area contributed by atoms with E-state index in [1.165, 1.54) is 36.7 Å². The van der Waals surface area contributed by atoms with E-state index in [1.807, 2.05) is 0 Å². The van der Waals surface area contributed by atoms with Crippen molar-refractivity contribution in [2.45, 2.75) is 44.1 Å². The Morgan fingerprint density at radius 2 is 1.76 bits per heavy atom. The van der Waals surface area contributed by atoms with E-state index in [4.69, 9.17) is 0 Å². The molecular formula is C19H20N2O3S. The van der Waals surface area contributed by atoms with Crippen LogP contribution in [0.1, 0.15) is 48.2 Å². The number of non-ortho nitro benzene ring substituents is 1. The summed E-state index contributed by atoms with van der Waals surface area (Å²) in [6.07, 6.45) is 7.42. The molecule has 0 saturated heterocycles. The molecule has 5 nitrogen and oxygen atoms in total. The van der Waals surface area contributed by atoms with Crippen molar-refractivity contribution in [3.63, 3.8) is 0 Å². The fourth-order valence-corrected chi connectivity index (χ4v) is 6.76. The highest BCUT2D eigenvalue weighted by molar-refractivity contribution is 7.20. The number of carbonyl (C=O) groups excluding carboxylic acids is 1. The Hall–Kier alpha value is -1.95. The minimum absolute atomic E-state index is 0.00595. The maximum Gasteiger partial charge on any atom is 0.270 e. The van der Waals surface area contributed by atoms with Gasteiger partial charge in [0, 0.05) is 27.8 Å². The van der Waals surface area contributed by atoms with Crippen LogP contribution in [0.2, 0.25) is 0 Å². The molecule has 4 bridgehead atoms. The molecule has 4 aliphatic carbocycles. The molecule has 2 aromatic rings. The van der Waals surface area contributed by atoms with Gasteiger partial charge in [-0.3, -0.25) is 14.9 Å². The molecule has 1 amide bonds. The molecule has 1 aromatic carbocycles.